The van der Waals surface area contributed by atoms with Gasteiger partial charge < -0.3 is 0 Å². The average Bonchev–Trinajstić information content (AvgIpc) is 2.52. The van der Waals surface area contributed by atoms with Crippen LogP contribution in [0.3, 0.4) is 0 Å². The molecule has 0 nitrogen and oxygen atoms in total. The number of fused-ring (bicyclic) bond motifs is 2. The molecule has 5 aromatic rings. The molecule has 0 heteroatoms. The fourth-order valence-corrected chi connectivity index (χ4v) is 3.43. The summed E-state index contributed by atoms with van der Waals surface area (Å²) in [5.41, 5.74) is 0. The highest BCUT2D eigenvalue weighted by Gasteiger charge is 2.11. The first kappa shape index (κ1) is 10.2. The van der Waals surface area contributed by atoms with Crippen molar-refractivity contribution in [1.29, 1.82) is 0 Å². The van der Waals surface area contributed by atoms with Crippen LogP contribution in [0.2, 0.25) is 0 Å². The van der Waals surface area contributed by atoms with Crippen LogP contribution in [0.5, 0.6) is 0 Å². The van der Waals surface area contributed by atoms with E-state index < -0.39 is 0 Å². The number of benzene rings is 5. The fourth-order valence-electron chi connectivity index (χ4n) is 3.43. The maximum Gasteiger partial charge on any atom is -0.00255 e. The standard InChI is InChI=1S/C20H10/c1-5-13-6-2-11-17-18-12-4-8-14-7-3-10-16(20(14)18)15(9-1)19(13)17/h1-2,5-12H. The van der Waals surface area contributed by atoms with Gasteiger partial charge in [0, 0.05) is 0 Å². The van der Waals surface area contributed by atoms with Crippen molar-refractivity contribution in [3.05, 3.63) is 72.8 Å². The molecule has 0 N–H and O–H groups in total. The lowest BCUT2D eigenvalue weighted by molar-refractivity contribution is 1.77. The lowest BCUT2D eigenvalue weighted by atomic mass is 9.90. The summed E-state index contributed by atoms with van der Waals surface area (Å²) >= 11 is 0. The Morgan fingerprint density at radius 2 is 1.05 bits per heavy atom. The first-order chi connectivity index (χ1) is 9.93. The van der Waals surface area contributed by atoms with E-state index in [0.29, 0.717) is 0 Å². The average molecular weight is 250 g/mol. The Balaban J connectivity index is 2.32. The zero-order valence-electron chi connectivity index (χ0n) is 10.8. The van der Waals surface area contributed by atoms with Crippen molar-refractivity contribution in [2.75, 3.05) is 0 Å². The third-order valence-electron chi connectivity index (χ3n) is 4.25. The Morgan fingerprint density at radius 1 is 0.500 bits per heavy atom. The molecule has 0 unspecified atom stereocenters. The molecule has 0 aromatic heterocycles. The number of rotatable bonds is 0. The summed E-state index contributed by atoms with van der Waals surface area (Å²) in [6, 6.07) is 27.9. The molecule has 0 fully saturated rings. The van der Waals surface area contributed by atoms with Gasteiger partial charge in [0.15, 0.2) is 0 Å². The van der Waals surface area contributed by atoms with Gasteiger partial charge in [0.25, 0.3) is 0 Å². The minimum Gasteiger partial charge on any atom is -0.0610 e. The van der Waals surface area contributed by atoms with Crippen LogP contribution in [0, 0.1) is 12.1 Å². The number of hydrogen-bond donors (Lipinski definition) is 0. The van der Waals surface area contributed by atoms with Crippen molar-refractivity contribution in [2.45, 2.75) is 0 Å². The monoisotopic (exact) mass is 250 g/mol. The third-order valence-corrected chi connectivity index (χ3v) is 4.25. The van der Waals surface area contributed by atoms with Gasteiger partial charge in [-0.15, -0.1) is 0 Å². The maximum atomic E-state index is 3.27. The molecule has 0 atom stereocenters. The minimum absolute atomic E-state index is 1.21. The summed E-state index contributed by atoms with van der Waals surface area (Å²) in [4.78, 5) is 0. The highest BCUT2D eigenvalue weighted by molar-refractivity contribution is 6.32. The summed E-state index contributed by atoms with van der Waals surface area (Å²) in [6.45, 7) is 0. The van der Waals surface area contributed by atoms with Crippen molar-refractivity contribution in [3.8, 4) is 0 Å². The van der Waals surface area contributed by atoms with Crippen LogP contribution < -0.4 is 0 Å². The molecule has 5 rings (SSSR count). The van der Waals surface area contributed by atoms with Gasteiger partial charge in [0.1, 0.15) is 0 Å². The van der Waals surface area contributed by atoms with E-state index >= 15 is 0 Å². The second-order valence-electron chi connectivity index (χ2n) is 5.28. The van der Waals surface area contributed by atoms with Gasteiger partial charge in [-0.25, -0.2) is 0 Å². The molecule has 5 aromatic carbocycles. The van der Waals surface area contributed by atoms with E-state index in [1.54, 1.807) is 0 Å². The van der Waals surface area contributed by atoms with Crippen molar-refractivity contribution in [1.82, 2.24) is 0 Å². The van der Waals surface area contributed by atoms with E-state index in [-0.39, 0.29) is 0 Å². The summed E-state index contributed by atoms with van der Waals surface area (Å²) in [5, 5.41) is 10.4. The lowest BCUT2D eigenvalue weighted by Gasteiger charge is -2.13. The topological polar surface area (TPSA) is 0 Å². The lowest BCUT2D eigenvalue weighted by Crippen LogP contribution is -1.86. The molecule has 2 radical (unpaired) electrons. The van der Waals surface area contributed by atoms with Crippen LogP contribution in [0.1, 0.15) is 0 Å². The largest absolute Gasteiger partial charge is 0.0610 e. The van der Waals surface area contributed by atoms with Crippen LogP contribution in [0.25, 0.3) is 43.1 Å². The highest BCUT2D eigenvalue weighted by atomic mass is 14.1. The first-order valence-electron chi connectivity index (χ1n) is 6.80. The van der Waals surface area contributed by atoms with Gasteiger partial charge in [-0.2, -0.15) is 0 Å². The van der Waals surface area contributed by atoms with Gasteiger partial charge in [-0.3, -0.25) is 0 Å². The SMILES string of the molecule is [c]1cc2c[c]cc3c4cccc5cccc(c(c1)c23)c54. The molecule has 0 heterocycles. The van der Waals surface area contributed by atoms with Crippen LogP contribution >= 0.6 is 0 Å². The van der Waals surface area contributed by atoms with E-state index in [2.05, 4.69) is 60.7 Å². The van der Waals surface area contributed by atoms with Crippen molar-refractivity contribution >= 4 is 43.1 Å². The van der Waals surface area contributed by atoms with Gasteiger partial charge in [0.2, 0.25) is 0 Å². The molecule has 0 amide bonds. The Kier molecular flexibility index (Phi) is 1.78. The van der Waals surface area contributed by atoms with E-state index in [4.69, 9.17) is 0 Å². The van der Waals surface area contributed by atoms with Crippen LogP contribution in [0.15, 0.2) is 60.7 Å². The zero-order valence-corrected chi connectivity index (χ0v) is 10.8. The molecule has 90 valence electrons. The van der Waals surface area contributed by atoms with E-state index in [9.17, 15) is 0 Å². The summed E-state index contributed by atoms with van der Waals surface area (Å²) in [7, 11) is 0. The molecule has 0 aliphatic rings. The van der Waals surface area contributed by atoms with Gasteiger partial charge in [-0.05, 0) is 79.5 Å². The molecule has 0 bridgehead atoms. The smallest absolute Gasteiger partial charge is 0.00255 e. The molecule has 0 aliphatic carbocycles. The van der Waals surface area contributed by atoms with E-state index in [1.807, 2.05) is 12.1 Å². The Hall–Kier alpha value is -2.60. The van der Waals surface area contributed by atoms with Crippen LogP contribution in [-0.2, 0) is 0 Å². The minimum atomic E-state index is 1.21. The third kappa shape index (κ3) is 1.12. The van der Waals surface area contributed by atoms with Crippen LogP contribution in [-0.4, -0.2) is 0 Å². The maximum absolute atomic E-state index is 3.27. The molecule has 0 saturated heterocycles. The van der Waals surface area contributed by atoms with Gasteiger partial charge >= 0.3 is 0 Å². The fraction of sp³-hybridized carbons (Fsp3) is 0. The van der Waals surface area contributed by atoms with Crippen molar-refractivity contribution in [2.24, 2.45) is 0 Å². The summed E-state index contributed by atoms with van der Waals surface area (Å²) in [5.74, 6) is 0. The second-order valence-corrected chi connectivity index (χ2v) is 5.28. The second kappa shape index (κ2) is 3.49. The quantitative estimate of drug-likeness (QED) is 0.257. The summed E-state index contributed by atoms with van der Waals surface area (Å²) in [6.07, 6.45) is 0. The molecule has 0 aliphatic heterocycles. The Bertz CT molecular complexity index is 917. The number of hydrogen-bond acceptors (Lipinski definition) is 0. The molecule has 0 spiro atoms. The van der Waals surface area contributed by atoms with Crippen LogP contribution in [0.4, 0.5) is 0 Å². The van der Waals surface area contributed by atoms with E-state index in [0.717, 1.165) is 0 Å². The zero-order chi connectivity index (χ0) is 13.1. The van der Waals surface area contributed by atoms with E-state index in [1.165, 1.54) is 43.1 Å². The summed E-state index contributed by atoms with van der Waals surface area (Å²) < 4.78 is 0. The van der Waals surface area contributed by atoms with Gasteiger partial charge in [-0.1, -0.05) is 36.4 Å². The molecule has 20 heavy (non-hydrogen) atoms. The molecule has 0 saturated carbocycles. The Labute approximate surface area is 116 Å². The predicted molar refractivity (Wildman–Crippen MR) is 85.3 cm³/mol. The first-order valence-corrected chi connectivity index (χ1v) is 6.80. The van der Waals surface area contributed by atoms with Gasteiger partial charge in [0.05, 0.1) is 0 Å². The van der Waals surface area contributed by atoms with Crippen molar-refractivity contribution in [3.63, 3.8) is 0 Å². The highest BCUT2D eigenvalue weighted by Crippen LogP contribution is 2.39. The molecular weight excluding hydrogens is 240 g/mol. The molecular formula is C20H10. The predicted octanol–water partition coefficient (Wildman–Crippen LogP) is 5.34. The Morgan fingerprint density at radius 3 is 1.65 bits per heavy atom. The normalized spacial score (nSPS) is 12.0. The van der Waals surface area contributed by atoms with Crippen molar-refractivity contribution < 1.29 is 0 Å².